The number of carbonyl (C=O) groups excluding carboxylic acids is 1. The van der Waals surface area contributed by atoms with E-state index in [0.717, 1.165) is 0 Å². The van der Waals surface area contributed by atoms with Crippen LogP contribution in [0.15, 0.2) is 42.5 Å². The van der Waals surface area contributed by atoms with Crippen molar-refractivity contribution in [2.45, 2.75) is 0 Å². The number of hydrogen-bond acceptors (Lipinski definition) is 2. The third-order valence-corrected chi connectivity index (χ3v) is 3.06. The summed E-state index contributed by atoms with van der Waals surface area (Å²) < 4.78 is 5.04. The Balaban J connectivity index is 2.40. The molecule has 0 amide bonds. The van der Waals surface area contributed by atoms with Gasteiger partial charge >= 0.3 is 0 Å². The van der Waals surface area contributed by atoms with E-state index in [2.05, 4.69) is 0 Å². The highest BCUT2D eigenvalue weighted by Gasteiger charge is 2.13. The largest absolute Gasteiger partial charge is 0.497 e. The minimum absolute atomic E-state index is 0.162. The smallest absolute Gasteiger partial charge is 0.194 e. The van der Waals surface area contributed by atoms with E-state index < -0.39 is 0 Å². The summed E-state index contributed by atoms with van der Waals surface area (Å²) >= 11 is 11.9. The van der Waals surface area contributed by atoms with E-state index in [1.165, 1.54) is 0 Å². The van der Waals surface area contributed by atoms with Crippen molar-refractivity contribution in [1.29, 1.82) is 0 Å². The second kappa shape index (κ2) is 5.42. The van der Waals surface area contributed by atoms with Gasteiger partial charge in [0.05, 0.1) is 12.1 Å². The molecule has 0 spiro atoms. The van der Waals surface area contributed by atoms with Crippen LogP contribution < -0.4 is 4.74 Å². The molecule has 0 aliphatic carbocycles. The van der Waals surface area contributed by atoms with Crippen molar-refractivity contribution in [2.24, 2.45) is 0 Å². The van der Waals surface area contributed by atoms with Crippen molar-refractivity contribution < 1.29 is 9.53 Å². The van der Waals surface area contributed by atoms with Gasteiger partial charge in [0.25, 0.3) is 0 Å². The predicted octanol–water partition coefficient (Wildman–Crippen LogP) is 4.23. The summed E-state index contributed by atoms with van der Waals surface area (Å²) in [6.07, 6.45) is 0. The highest BCUT2D eigenvalue weighted by atomic mass is 35.5. The van der Waals surface area contributed by atoms with Crippen LogP contribution in [0.4, 0.5) is 0 Å². The van der Waals surface area contributed by atoms with Gasteiger partial charge in [-0.2, -0.15) is 0 Å². The third-order valence-electron chi connectivity index (χ3n) is 2.51. The fraction of sp³-hybridized carbons (Fsp3) is 0.0714. The fourth-order valence-corrected chi connectivity index (χ4v) is 2.04. The summed E-state index contributed by atoms with van der Waals surface area (Å²) in [5.41, 5.74) is 0.939. The maximum atomic E-state index is 12.2. The van der Waals surface area contributed by atoms with Gasteiger partial charge in [-0.15, -0.1) is 0 Å². The van der Waals surface area contributed by atoms with E-state index in [4.69, 9.17) is 27.9 Å². The quantitative estimate of drug-likeness (QED) is 0.787. The zero-order valence-electron chi connectivity index (χ0n) is 9.61. The number of hydrogen-bond donors (Lipinski definition) is 0. The van der Waals surface area contributed by atoms with E-state index in [9.17, 15) is 4.79 Å². The Labute approximate surface area is 115 Å². The summed E-state index contributed by atoms with van der Waals surface area (Å²) in [7, 11) is 1.55. The van der Waals surface area contributed by atoms with Crippen LogP contribution in [0.5, 0.6) is 5.75 Å². The van der Waals surface area contributed by atoms with E-state index in [1.54, 1.807) is 49.6 Å². The minimum Gasteiger partial charge on any atom is -0.497 e. The van der Waals surface area contributed by atoms with Crippen LogP contribution in [0.2, 0.25) is 10.0 Å². The van der Waals surface area contributed by atoms with Gasteiger partial charge in [-0.3, -0.25) is 4.79 Å². The molecule has 92 valence electrons. The van der Waals surface area contributed by atoms with E-state index in [1.807, 2.05) is 0 Å². The lowest BCUT2D eigenvalue weighted by Gasteiger charge is -2.06. The van der Waals surface area contributed by atoms with Crippen LogP contribution >= 0.6 is 23.2 Å². The monoisotopic (exact) mass is 280 g/mol. The Morgan fingerprint density at radius 3 is 2.50 bits per heavy atom. The zero-order valence-corrected chi connectivity index (χ0v) is 11.1. The standard InChI is InChI=1S/C14H10Cl2O2/c1-18-11-5-6-12(13(16)8-11)14(17)9-3-2-4-10(15)7-9/h2-8H,1H3. The average Bonchev–Trinajstić information content (AvgIpc) is 2.37. The molecule has 2 aromatic carbocycles. The number of halogens is 2. The number of rotatable bonds is 3. The molecule has 0 heterocycles. The lowest BCUT2D eigenvalue weighted by molar-refractivity contribution is 0.103. The molecule has 2 nitrogen and oxygen atoms in total. The third kappa shape index (κ3) is 2.66. The normalized spacial score (nSPS) is 10.2. The summed E-state index contributed by atoms with van der Waals surface area (Å²) in [4.78, 5) is 12.2. The maximum Gasteiger partial charge on any atom is 0.194 e. The predicted molar refractivity (Wildman–Crippen MR) is 72.9 cm³/mol. The van der Waals surface area contributed by atoms with Crippen molar-refractivity contribution in [3.8, 4) is 5.75 Å². The lowest BCUT2D eigenvalue weighted by Crippen LogP contribution is -2.02. The molecule has 0 N–H and O–H groups in total. The van der Waals surface area contributed by atoms with Crippen LogP contribution in [0.25, 0.3) is 0 Å². The second-order valence-electron chi connectivity index (χ2n) is 3.69. The van der Waals surface area contributed by atoms with Crippen LogP contribution in [-0.4, -0.2) is 12.9 Å². The number of benzene rings is 2. The van der Waals surface area contributed by atoms with Gasteiger partial charge in [0.15, 0.2) is 5.78 Å². The first-order valence-corrected chi connectivity index (χ1v) is 6.01. The number of ketones is 1. The molecule has 0 unspecified atom stereocenters. The molecule has 0 aliphatic heterocycles. The number of carbonyl (C=O) groups is 1. The Morgan fingerprint density at radius 1 is 1.11 bits per heavy atom. The first-order chi connectivity index (χ1) is 8.61. The molecule has 0 saturated carbocycles. The molecule has 4 heteroatoms. The molecule has 0 bridgehead atoms. The number of methoxy groups -OCH3 is 1. The summed E-state index contributed by atoms with van der Waals surface area (Å²) in [5.74, 6) is 0.452. The Kier molecular flexibility index (Phi) is 3.90. The first kappa shape index (κ1) is 12.9. The van der Waals surface area contributed by atoms with Gasteiger partial charge in [0, 0.05) is 16.1 Å². The SMILES string of the molecule is COc1ccc(C(=O)c2cccc(Cl)c2)c(Cl)c1. The van der Waals surface area contributed by atoms with E-state index in [-0.39, 0.29) is 5.78 Å². The van der Waals surface area contributed by atoms with Gasteiger partial charge in [-0.25, -0.2) is 0 Å². The van der Waals surface area contributed by atoms with Crippen LogP contribution in [-0.2, 0) is 0 Å². The van der Waals surface area contributed by atoms with Gasteiger partial charge in [-0.1, -0.05) is 35.3 Å². The molecule has 0 radical (unpaired) electrons. The second-order valence-corrected chi connectivity index (χ2v) is 4.53. The van der Waals surface area contributed by atoms with Crippen LogP contribution in [0.1, 0.15) is 15.9 Å². The summed E-state index contributed by atoms with van der Waals surface area (Å²) in [5, 5.41) is 0.879. The highest BCUT2D eigenvalue weighted by Crippen LogP contribution is 2.25. The van der Waals surface area contributed by atoms with Crippen molar-refractivity contribution in [3.63, 3.8) is 0 Å². The molecule has 0 fully saturated rings. The molecular formula is C14H10Cl2O2. The Bertz CT molecular complexity index is 594. The maximum absolute atomic E-state index is 12.2. The molecular weight excluding hydrogens is 271 g/mol. The van der Waals surface area contributed by atoms with Crippen molar-refractivity contribution in [3.05, 3.63) is 63.6 Å². The minimum atomic E-state index is -0.162. The zero-order chi connectivity index (χ0) is 13.1. The fourth-order valence-electron chi connectivity index (χ4n) is 1.59. The molecule has 2 rings (SSSR count). The van der Waals surface area contributed by atoms with E-state index in [0.29, 0.717) is 26.9 Å². The van der Waals surface area contributed by atoms with Crippen LogP contribution in [0.3, 0.4) is 0 Å². The van der Waals surface area contributed by atoms with Crippen LogP contribution in [0, 0.1) is 0 Å². The number of ether oxygens (including phenoxy) is 1. The first-order valence-electron chi connectivity index (χ1n) is 5.25. The molecule has 0 aromatic heterocycles. The van der Waals surface area contributed by atoms with Gasteiger partial charge < -0.3 is 4.74 Å². The van der Waals surface area contributed by atoms with E-state index >= 15 is 0 Å². The lowest BCUT2D eigenvalue weighted by atomic mass is 10.0. The topological polar surface area (TPSA) is 26.3 Å². The van der Waals surface area contributed by atoms with Crippen molar-refractivity contribution in [1.82, 2.24) is 0 Å². The Hall–Kier alpha value is -1.51. The van der Waals surface area contributed by atoms with Crippen molar-refractivity contribution in [2.75, 3.05) is 7.11 Å². The molecule has 18 heavy (non-hydrogen) atoms. The Morgan fingerprint density at radius 2 is 1.89 bits per heavy atom. The summed E-state index contributed by atoms with van der Waals surface area (Å²) in [6, 6.07) is 11.7. The average molecular weight is 281 g/mol. The summed E-state index contributed by atoms with van der Waals surface area (Å²) in [6.45, 7) is 0. The molecule has 0 saturated heterocycles. The molecule has 0 aliphatic rings. The van der Waals surface area contributed by atoms with Crippen molar-refractivity contribution >= 4 is 29.0 Å². The molecule has 2 aromatic rings. The highest BCUT2D eigenvalue weighted by molar-refractivity contribution is 6.35. The van der Waals surface area contributed by atoms with Gasteiger partial charge in [0.2, 0.25) is 0 Å². The molecule has 0 atom stereocenters. The van der Waals surface area contributed by atoms with Gasteiger partial charge in [-0.05, 0) is 30.3 Å². The van der Waals surface area contributed by atoms with Gasteiger partial charge in [0.1, 0.15) is 5.75 Å².